The quantitative estimate of drug-likeness (QED) is 0.688. The molecule has 0 unspecified atom stereocenters. The predicted molar refractivity (Wildman–Crippen MR) is 95.8 cm³/mol. The van der Waals surface area contributed by atoms with Gasteiger partial charge in [-0.05, 0) is 12.1 Å². The Morgan fingerprint density at radius 1 is 1.08 bits per heavy atom. The average molecular weight is 352 g/mol. The lowest BCUT2D eigenvalue weighted by molar-refractivity contribution is 0.248. The molecule has 0 aliphatic carbocycles. The third-order valence-electron chi connectivity index (χ3n) is 4.33. The number of rotatable bonds is 5. The molecule has 0 radical (unpaired) electrons. The van der Waals surface area contributed by atoms with Crippen LogP contribution in [0.4, 0.5) is 5.95 Å². The van der Waals surface area contributed by atoms with E-state index in [0.29, 0.717) is 17.5 Å². The maximum Gasteiger partial charge on any atom is 0.228 e. The van der Waals surface area contributed by atoms with Crippen LogP contribution in [0.2, 0.25) is 0 Å². The first kappa shape index (κ1) is 16.5. The van der Waals surface area contributed by atoms with Gasteiger partial charge >= 0.3 is 0 Å². The van der Waals surface area contributed by atoms with Gasteiger partial charge in [-0.2, -0.15) is 4.98 Å². The van der Waals surface area contributed by atoms with E-state index in [1.165, 1.54) is 0 Å². The van der Waals surface area contributed by atoms with E-state index in [0.717, 1.165) is 44.2 Å². The van der Waals surface area contributed by atoms with Crippen molar-refractivity contribution in [3.05, 3.63) is 48.6 Å². The highest BCUT2D eigenvalue weighted by molar-refractivity contribution is 5.45. The van der Waals surface area contributed by atoms with Crippen molar-refractivity contribution in [3.8, 4) is 17.5 Å². The maximum atomic E-state index is 5.32. The smallest absolute Gasteiger partial charge is 0.228 e. The van der Waals surface area contributed by atoms with Gasteiger partial charge in [0.15, 0.2) is 11.6 Å². The summed E-state index contributed by atoms with van der Waals surface area (Å²) < 4.78 is 10.5. The summed E-state index contributed by atoms with van der Waals surface area (Å²) >= 11 is 0. The van der Waals surface area contributed by atoms with Crippen LogP contribution in [0.5, 0.6) is 5.88 Å². The molecule has 8 heteroatoms. The highest BCUT2D eigenvalue weighted by Crippen LogP contribution is 2.17. The van der Waals surface area contributed by atoms with Crippen LogP contribution in [0.25, 0.3) is 11.6 Å². The fourth-order valence-corrected chi connectivity index (χ4v) is 2.93. The molecule has 0 amide bonds. The molecule has 4 heterocycles. The Balaban J connectivity index is 1.33. The molecule has 134 valence electrons. The molecule has 0 N–H and O–H groups in total. The molecule has 4 rings (SSSR count). The van der Waals surface area contributed by atoms with Crippen LogP contribution in [0.15, 0.2) is 47.5 Å². The highest BCUT2D eigenvalue weighted by Gasteiger charge is 2.19. The zero-order valence-electron chi connectivity index (χ0n) is 14.6. The van der Waals surface area contributed by atoms with E-state index in [2.05, 4.69) is 29.7 Å². The van der Waals surface area contributed by atoms with Crippen molar-refractivity contribution in [2.24, 2.45) is 0 Å². The zero-order valence-corrected chi connectivity index (χ0v) is 14.6. The van der Waals surface area contributed by atoms with E-state index >= 15 is 0 Å². The van der Waals surface area contributed by atoms with Gasteiger partial charge in [0.2, 0.25) is 11.8 Å². The van der Waals surface area contributed by atoms with Crippen molar-refractivity contribution in [3.63, 3.8) is 0 Å². The van der Waals surface area contributed by atoms with E-state index in [1.807, 2.05) is 24.5 Å². The van der Waals surface area contributed by atoms with Crippen LogP contribution in [-0.4, -0.2) is 58.1 Å². The van der Waals surface area contributed by atoms with Crippen molar-refractivity contribution in [2.75, 3.05) is 38.2 Å². The molecular formula is C18H20N6O2. The molecule has 0 aromatic carbocycles. The predicted octanol–water partition coefficient (Wildman–Crippen LogP) is 1.86. The number of piperazine rings is 1. The van der Waals surface area contributed by atoms with E-state index in [-0.39, 0.29) is 0 Å². The molecule has 3 aromatic heterocycles. The van der Waals surface area contributed by atoms with Crippen LogP contribution >= 0.6 is 0 Å². The molecule has 0 saturated carbocycles. The first-order chi connectivity index (χ1) is 12.8. The first-order valence-corrected chi connectivity index (χ1v) is 8.51. The molecule has 0 atom stereocenters. The third kappa shape index (κ3) is 3.65. The second-order valence-corrected chi connectivity index (χ2v) is 6.05. The van der Waals surface area contributed by atoms with Crippen molar-refractivity contribution in [1.29, 1.82) is 0 Å². The van der Waals surface area contributed by atoms with Crippen molar-refractivity contribution >= 4 is 5.95 Å². The molecule has 8 nitrogen and oxygen atoms in total. The Morgan fingerprint density at radius 2 is 1.88 bits per heavy atom. The van der Waals surface area contributed by atoms with Crippen molar-refractivity contribution in [1.82, 2.24) is 24.8 Å². The summed E-state index contributed by atoms with van der Waals surface area (Å²) in [5.74, 6) is 2.60. The van der Waals surface area contributed by atoms with Crippen LogP contribution in [0, 0.1) is 0 Å². The van der Waals surface area contributed by atoms with Crippen LogP contribution < -0.4 is 9.64 Å². The fourth-order valence-electron chi connectivity index (χ4n) is 2.93. The van der Waals surface area contributed by atoms with Gasteiger partial charge in [0.1, 0.15) is 0 Å². The van der Waals surface area contributed by atoms with Gasteiger partial charge in [0.05, 0.1) is 13.4 Å². The summed E-state index contributed by atoms with van der Waals surface area (Å²) in [6, 6.07) is 5.44. The normalized spacial score (nSPS) is 15.2. The minimum atomic E-state index is 0.589. The molecule has 1 fully saturated rings. The third-order valence-corrected chi connectivity index (χ3v) is 4.33. The minimum absolute atomic E-state index is 0.589. The lowest BCUT2D eigenvalue weighted by Gasteiger charge is -2.34. The summed E-state index contributed by atoms with van der Waals surface area (Å²) in [6.07, 6.45) is 7.08. The van der Waals surface area contributed by atoms with Gasteiger partial charge in [-0.15, -0.1) is 0 Å². The number of aromatic nitrogens is 4. The molecule has 1 aliphatic rings. The van der Waals surface area contributed by atoms with Gasteiger partial charge in [-0.25, -0.2) is 15.0 Å². The summed E-state index contributed by atoms with van der Waals surface area (Å²) in [7, 11) is 1.61. The van der Waals surface area contributed by atoms with E-state index < -0.39 is 0 Å². The van der Waals surface area contributed by atoms with Crippen LogP contribution in [0.3, 0.4) is 0 Å². The van der Waals surface area contributed by atoms with Gasteiger partial charge in [0.25, 0.3) is 0 Å². The van der Waals surface area contributed by atoms with Gasteiger partial charge in [0, 0.05) is 62.9 Å². The number of anilines is 1. The largest absolute Gasteiger partial charge is 0.481 e. The number of methoxy groups -OCH3 is 1. The molecule has 0 spiro atoms. The maximum absolute atomic E-state index is 5.32. The van der Waals surface area contributed by atoms with Crippen LogP contribution in [-0.2, 0) is 6.54 Å². The molecule has 0 bridgehead atoms. The van der Waals surface area contributed by atoms with Gasteiger partial charge < -0.3 is 14.1 Å². The summed E-state index contributed by atoms with van der Waals surface area (Å²) in [5.41, 5.74) is 1.09. The standard InChI is InChI=1S/C18H20N6O2/c1-25-16-4-5-19-18(22-16)24-8-6-23(7-9-24)13-14-11-20-17(21-12-14)15-3-2-10-26-15/h2-5,10-12H,6-9,13H2,1H3. The second-order valence-electron chi connectivity index (χ2n) is 6.05. The van der Waals surface area contributed by atoms with Crippen molar-refractivity contribution in [2.45, 2.75) is 6.54 Å². The van der Waals surface area contributed by atoms with Crippen molar-refractivity contribution < 1.29 is 9.15 Å². The number of hydrogen-bond acceptors (Lipinski definition) is 8. The number of ether oxygens (including phenoxy) is 1. The number of hydrogen-bond donors (Lipinski definition) is 0. The highest BCUT2D eigenvalue weighted by atomic mass is 16.5. The van der Waals surface area contributed by atoms with Gasteiger partial charge in [-0.3, -0.25) is 4.90 Å². The Bertz CT molecular complexity index is 829. The molecule has 1 aliphatic heterocycles. The monoisotopic (exact) mass is 352 g/mol. The summed E-state index contributed by atoms with van der Waals surface area (Å²) in [6.45, 7) is 4.43. The van der Waals surface area contributed by atoms with Gasteiger partial charge in [-0.1, -0.05) is 0 Å². The van der Waals surface area contributed by atoms with E-state index in [1.54, 1.807) is 25.6 Å². The minimum Gasteiger partial charge on any atom is -0.481 e. The number of furan rings is 1. The lowest BCUT2D eigenvalue weighted by Crippen LogP contribution is -2.46. The first-order valence-electron chi connectivity index (χ1n) is 8.51. The zero-order chi connectivity index (χ0) is 17.8. The van der Waals surface area contributed by atoms with E-state index in [4.69, 9.17) is 9.15 Å². The fraction of sp³-hybridized carbons (Fsp3) is 0.333. The lowest BCUT2D eigenvalue weighted by atomic mass is 10.2. The average Bonchev–Trinajstić information content (AvgIpc) is 3.24. The number of nitrogens with zero attached hydrogens (tertiary/aromatic N) is 6. The van der Waals surface area contributed by atoms with E-state index in [9.17, 15) is 0 Å². The summed E-state index contributed by atoms with van der Waals surface area (Å²) in [5, 5.41) is 0. The Kier molecular flexibility index (Phi) is 4.74. The molecular weight excluding hydrogens is 332 g/mol. The Hall–Kier alpha value is -3.00. The Morgan fingerprint density at radius 3 is 2.58 bits per heavy atom. The second kappa shape index (κ2) is 7.49. The van der Waals surface area contributed by atoms with Crippen LogP contribution in [0.1, 0.15) is 5.56 Å². The Labute approximate surface area is 151 Å². The SMILES string of the molecule is COc1ccnc(N2CCN(Cc3cnc(-c4ccco4)nc3)CC2)n1. The topological polar surface area (TPSA) is 80.4 Å². The molecule has 3 aromatic rings. The molecule has 26 heavy (non-hydrogen) atoms. The molecule has 1 saturated heterocycles. The summed E-state index contributed by atoms with van der Waals surface area (Å²) in [4.78, 5) is 22.1.